The molecule has 7 heteroatoms. The first-order chi connectivity index (χ1) is 12.2. The Bertz CT molecular complexity index is 875. The number of benzene rings is 1. The van der Waals surface area contributed by atoms with Gasteiger partial charge in [0.05, 0.1) is 23.7 Å². The van der Waals surface area contributed by atoms with E-state index >= 15 is 0 Å². The van der Waals surface area contributed by atoms with Crippen LogP contribution in [0, 0.1) is 0 Å². The molecule has 1 aliphatic rings. The lowest BCUT2D eigenvalue weighted by molar-refractivity contribution is -0.127. The molecular weight excluding hydrogens is 338 g/mol. The SMILES string of the molecule is CNC(=O)[C@@H]1CN(Cc2cc(-c3cccs3)on2)c2ccccc2O1. The van der Waals surface area contributed by atoms with Gasteiger partial charge < -0.3 is 19.5 Å². The molecule has 128 valence electrons. The van der Waals surface area contributed by atoms with Crippen LogP contribution >= 0.6 is 11.3 Å². The summed E-state index contributed by atoms with van der Waals surface area (Å²) in [5.74, 6) is 1.32. The van der Waals surface area contributed by atoms with Crippen LogP contribution in [0.4, 0.5) is 5.69 Å². The minimum Gasteiger partial charge on any atom is -0.477 e. The number of fused-ring (bicyclic) bond motifs is 1. The summed E-state index contributed by atoms with van der Waals surface area (Å²) in [5, 5.41) is 8.83. The number of para-hydroxylation sites is 2. The number of thiophene rings is 1. The Kier molecular flexibility index (Phi) is 4.15. The van der Waals surface area contributed by atoms with Crippen LogP contribution < -0.4 is 15.0 Å². The molecule has 3 aromatic rings. The van der Waals surface area contributed by atoms with Gasteiger partial charge in [-0.2, -0.15) is 0 Å². The number of rotatable bonds is 4. The van der Waals surface area contributed by atoms with Crippen molar-refractivity contribution in [3.8, 4) is 16.4 Å². The van der Waals surface area contributed by atoms with Crippen LogP contribution in [-0.2, 0) is 11.3 Å². The van der Waals surface area contributed by atoms with Gasteiger partial charge in [-0.05, 0) is 23.6 Å². The third kappa shape index (κ3) is 3.10. The molecule has 0 saturated heterocycles. The van der Waals surface area contributed by atoms with E-state index in [4.69, 9.17) is 9.26 Å². The second-order valence-electron chi connectivity index (χ2n) is 5.73. The van der Waals surface area contributed by atoms with Crippen molar-refractivity contribution in [1.82, 2.24) is 10.5 Å². The molecule has 0 fully saturated rings. The van der Waals surface area contributed by atoms with Crippen molar-refractivity contribution in [2.45, 2.75) is 12.6 Å². The lowest BCUT2D eigenvalue weighted by Gasteiger charge is -2.34. The fourth-order valence-corrected chi connectivity index (χ4v) is 3.54. The quantitative estimate of drug-likeness (QED) is 0.779. The Morgan fingerprint density at radius 1 is 1.36 bits per heavy atom. The molecule has 4 rings (SSSR count). The van der Waals surface area contributed by atoms with Gasteiger partial charge >= 0.3 is 0 Å². The molecule has 0 aliphatic carbocycles. The van der Waals surface area contributed by atoms with E-state index < -0.39 is 6.10 Å². The van der Waals surface area contributed by atoms with E-state index in [1.54, 1.807) is 18.4 Å². The highest BCUT2D eigenvalue weighted by Crippen LogP contribution is 2.34. The minimum atomic E-state index is -0.552. The number of likely N-dealkylation sites (N-methyl/N-ethyl adjacent to an activating group) is 1. The van der Waals surface area contributed by atoms with Crippen LogP contribution in [0.25, 0.3) is 10.6 Å². The summed E-state index contributed by atoms with van der Waals surface area (Å²) in [6, 6.07) is 13.6. The smallest absolute Gasteiger partial charge is 0.262 e. The molecule has 1 aliphatic heterocycles. The highest BCUT2D eigenvalue weighted by Gasteiger charge is 2.30. The summed E-state index contributed by atoms with van der Waals surface area (Å²) >= 11 is 1.61. The largest absolute Gasteiger partial charge is 0.477 e. The maximum Gasteiger partial charge on any atom is 0.262 e. The molecule has 1 aromatic carbocycles. The third-order valence-corrected chi connectivity index (χ3v) is 4.96. The van der Waals surface area contributed by atoms with E-state index in [9.17, 15) is 4.79 Å². The Hall–Kier alpha value is -2.80. The summed E-state index contributed by atoms with van der Waals surface area (Å²) in [5.41, 5.74) is 1.76. The van der Waals surface area contributed by atoms with Gasteiger partial charge in [0.15, 0.2) is 11.9 Å². The first kappa shape index (κ1) is 15.7. The van der Waals surface area contributed by atoms with Gasteiger partial charge in [-0.1, -0.05) is 23.4 Å². The number of hydrogen-bond acceptors (Lipinski definition) is 6. The van der Waals surface area contributed by atoms with Crippen molar-refractivity contribution in [3.05, 3.63) is 53.5 Å². The molecule has 0 radical (unpaired) electrons. The highest BCUT2D eigenvalue weighted by molar-refractivity contribution is 7.13. The lowest BCUT2D eigenvalue weighted by atomic mass is 10.1. The van der Waals surface area contributed by atoms with E-state index in [2.05, 4.69) is 15.4 Å². The van der Waals surface area contributed by atoms with Gasteiger partial charge in [0.25, 0.3) is 5.91 Å². The topological polar surface area (TPSA) is 67.6 Å². The number of carbonyl (C=O) groups excluding carboxylic acids is 1. The van der Waals surface area contributed by atoms with E-state index in [0.717, 1.165) is 22.0 Å². The lowest BCUT2D eigenvalue weighted by Crippen LogP contribution is -2.47. The summed E-state index contributed by atoms with van der Waals surface area (Å²) in [6.45, 7) is 1.00. The number of nitrogens with zero attached hydrogens (tertiary/aromatic N) is 2. The number of amides is 1. The summed E-state index contributed by atoms with van der Waals surface area (Å²) in [7, 11) is 1.61. The second-order valence-corrected chi connectivity index (χ2v) is 6.68. The molecule has 0 unspecified atom stereocenters. The molecule has 6 nitrogen and oxygen atoms in total. The number of ether oxygens (including phenoxy) is 1. The molecule has 2 aromatic heterocycles. The molecule has 0 bridgehead atoms. The summed E-state index contributed by atoms with van der Waals surface area (Å²) in [6.07, 6.45) is -0.552. The van der Waals surface area contributed by atoms with Crippen molar-refractivity contribution < 1.29 is 14.1 Å². The number of hydrogen-bond donors (Lipinski definition) is 1. The zero-order valence-corrected chi connectivity index (χ0v) is 14.5. The Labute approximate surface area is 149 Å². The monoisotopic (exact) mass is 355 g/mol. The molecule has 1 atom stereocenters. The van der Waals surface area contributed by atoms with Crippen molar-refractivity contribution >= 4 is 22.9 Å². The van der Waals surface area contributed by atoms with Crippen LogP contribution in [0.5, 0.6) is 5.75 Å². The first-order valence-electron chi connectivity index (χ1n) is 7.96. The first-order valence-corrected chi connectivity index (χ1v) is 8.84. The van der Waals surface area contributed by atoms with Gasteiger partial charge in [0.1, 0.15) is 11.4 Å². The van der Waals surface area contributed by atoms with Crippen molar-refractivity contribution in [1.29, 1.82) is 0 Å². The van der Waals surface area contributed by atoms with E-state index in [0.29, 0.717) is 18.8 Å². The van der Waals surface area contributed by atoms with Crippen LogP contribution in [0.3, 0.4) is 0 Å². The number of nitrogens with one attached hydrogen (secondary N) is 1. The average molecular weight is 355 g/mol. The molecule has 1 N–H and O–H groups in total. The van der Waals surface area contributed by atoms with Gasteiger partial charge in [0.2, 0.25) is 0 Å². The van der Waals surface area contributed by atoms with Crippen molar-refractivity contribution in [2.75, 3.05) is 18.5 Å². The van der Waals surface area contributed by atoms with Crippen LogP contribution in [0.15, 0.2) is 52.4 Å². The molecule has 25 heavy (non-hydrogen) atoms. The van der Waals surface area contributed by atoms with E-state index in [1.807, 2.05) is 47.8 Å². The van der Waals surface area contributed by atoms with Gasteiger partial charge in [-0.15, -0.1) is 11.3 Å². The third-order valence-electron chi connectivity index (χ3n) is 4.08. The Balaban J connectivity index is 1.59. The van der Waals surface area contributed by atoms with Crippen molar-refractivity contribution in [2.24, 2.45) is 0 Å². The van der Waals surface area contributed by atoms with Crippen LogP contribution in [0.1, 0.15) is 5.69 Å². The van der Waals surface area contributed by atoms with E-state index in [1.165, 1.54) is 0 Å². The molecular formula is C18H17N3O3S. The molecule has 0 saturated carbocycles. The number of anilines is 1. The molecule has 0 spiro atoms. The fourth-order valence-electron chi connectivity index (χ4n) is 2.87. The predicted octanol–water partition coefficient (Wildman–Crippen LogP) is 2.92. The number of carbonyl (C=O) groups is 1. The average Bonchev–Trinajstić information content (AvgIpc) is 3.32. The van der Waals surface area contributed by atoms with Gasteiger partial charge in [0, 0.05) is 13.1 Å². The second kappa shape index (κ2) is 6.60. The minimum absolute atomic E-state index is 0.140. The maximum atomic E-state index is 12.0. The summed E-state index contributed by atoms with van der Waals surface area (Å²) in [4.78, 5) is 15.2. The number of aromatic nitrogens is 1. The Morgan fingerprint density at radius 2 is 2.24 bits per heavy atom. The maximum absolute atomic E-state index is 12.0. The molecule has 3 heterocycles. The Morgan fingerprint density at radius 3 is 3.04 bits per heavy atom. The zero-order chi connectivity index (χ0) is 17.2. The van der Waals surface area contributed by atoms with Gasteiger partial charge in [-0.25, -0.2) is 0 Å². The highest BCUT2D eigenvalue weighted by atomic mass is 32.1. The van der Waals surface area contributed by atoms with Crippen LogP contribution in [-0.4, -0.2) is 30.8 Å². The fraction of sp³-hybridized carbons (Fsp3) is 0.222. The van der Waals surface area contributed by atoms with Crippen molar-refractivity contribution in [3.63, 3.8) is 0 Å². The zero-order valence-electron chi connectivity index (χ0n) is 13.6. The standard InChI is InChI=1S/C18H17N3O3S/c1-19-18(22)16-11-21(13-5-2-3-6-14(13)23-16)10-12-9-15(24-20-12)17-7-4-8-25-17/h2-9,16H,10-11H2,1H3,(H,19,22)/t16-/m0/s1. The normalized spacial score (nSPS) is 16.2. The summed E-state index contributed by atoms with van der Waals surface area (Å²) < 4.78 is 11.3. The van der Waals surface area contributed by atoms with E-state index in [-0.39, 0.29) is 5.91 Å². The van der Waals surface area contributed by atoms with Crippen LogP contribution in [0.2, 0.25) is 0 Å². The van der Waals surface area contributed by atoms with Gasteiger partial charge in [-0.3, -0.25) is 4.79 Å². The predicted molar refractivity (Wildman–Crippen MR) is 95.8 cm³/mol. The molecule has 1 amide bonds.